The molecular formula is C25H34N2O2. The second kappa shape index (κ2) is 11.5. The van der Waals surface area contributed by atoms with Crippen LogP contribution in [0.5, 0.6) is 11.5 Å². The Hall–Kier alpha value is -2.51. The fraction of sp³-hybridized carbons (Fsp3) is 0.480. The first-order valence-electron chi connectivity index (χ1n) is 10.4. The van der Waals surface area contributed by atoms with Gasteiger partial charge in [-0.1, -0.05) is 44.2 Å². The summed E-state index contributed by atoms with van der Waals surface area (Å²) in [4.78, 5) is 0. The van der Waals surface area contributed by atoms with E-state index in [4.69, 9.17) is 9.47 Å². The van der Waals surface area contributed by atoms with Crippen LogP contribution in [0.2, 0.25) is 0 Å². The van der Waals surface area contributed by atoms with Crippen molar-refractivity contribution in [1.82, 2.24) is 5.32 Å². The molecule has 0 aliphatic rings. The van der Waals surface area contributed by atoms with E-state index in [0.29, 0.717) is 0 Å². The lowest BCUT2D eigenvalue weighted by Crippen LogP contribution is -2.32. The van der Waals surface area contributed by atoms with Gasteiger partial charge >= 0.3 is 0 Å². The Morgan fingerprint density at radius 1 is 0.966 bits per heavy atom. The molecule has 0 aliphatic carbocycles. The SMILES string of the molecule is COc1cc(CCCNCCCC(C#N)(c2ccccc2)C(C)C)cc(OC)c1. The molecular weight excluding hydrogens is 360 g/mol. The summed E-state index contributed by atoms with van der Waals surface area (Å²) in [6.07, 6.45) is 3.86. The minimum Gasteiger partial charge on any atom is -0.497 e. The molecule has 2 aromatic rings. The predicted octanol–water partition coefficient (Wildman–Crippen LogP) is 5.12. The molecule has 4 heteroatoms. The molecule has 0 amide bonds. The molecule has 2 aromatic carbocycles. The van der Waals surface area contributed by atoms with E-state index in [0.717, 1.165) is 55.8 Å². The Morgan fingerprint density at radius 3 is 2.14 bits per heavy atom. The van der Waals surface area contributed by atoms with Crippen LogP contribution in [0.15, 0.2) is 48.5 Å². The Bertz CT molecular complexity index is 761. The number of benzene rings is 2. The van der Waals surface area contributed by atoms with Gasteiger partial charge in [-0.15, -0.1) is 0 Å². The Morgan fingerprint density at radius 2 is 1.59 bits per heavy atom. The van der Waals surface area contributed by atoms with Gasteiger partial charge in [0.1, 0.15) is 11.5 Å². The Labute approximate surface area is 175 Å². The van der Waals surface area contributed by atoms with Gasteiger partial charge in [-0.25, -0.2) is 0 Å². The van der Waals surface area contributed by atoms with Gasteiger partial charge in [0.2, 0.25) is 0 Å². The average molecular weight is 395 g/mol. The van der Waals surface area contributed by atoms with Crippen LogP contribution < -0.4 is 14.8 Å². The maximum atomic E-state index is 9.96. The van der Waals surface area contributed by atoms with E-state index in [9.17, 15) is 5.26 Å². The minimum absolute atomic E-state index is 0.276. The van der Waals surface area contributed by atoms with Gasteiger partial charge in [0.15, 0.2) is 0 Å². The first kappa shape index (κ1) is 22.8. The van der Waals surface area contributed by atoms with Crippen LogP contribution in [0.3, 0.4) is 0 Å². The number of rotatable bonds is 12. The largest absolute Gasteiger partial charge is 0.497 e. The molecule has 0 radical (unpaired) electrons. The van der Waals surface area contributed by atoms with E-state index in [1.165, 1.54) is 5.56 Å². The molecule has 0 saturated carbocycles. The van der Waals surface area contributed by atoms with Crippen LogP contribution in [0.4, 0.5) is 0 Å². The summed E-state index contributed by atoms with van der Waals surface area (Å²) in [5, 5.41) is 13.5. The third kappa shape index (κ3) is 6.24. The Kier molecular flexibility index (Phi) is 9.02. The maximum absolute atomic E-state index is 9.96. The number of nitrogens with zero attached hydrogens (tertiary/aromatic N) is 1. The monoisotopic (exact) mass is 394 g/mol. The molecule has 0 bridgehead atoms. The summed E-state index contributed by atoms with van der Waals surface area (Å²) < 4.78 is 10.7. The van der Waals surface area contributed by atoms with E-state index < -0.39 is 5.41 Å². The molecule has 0 heterocycles. The average Bonchev–Trinajstić information content (AvgIpc) is 2.76. The van der Waals surface area contributed by atoms with Crippen molar-refractivity contribution in [3.8, 4) is 17.6 Å². The third-order valence-corrected chi connectivity index (χ3v) is 5.63. The van der Waals surface area contributed by atoms with Crippen molar-refractivity contribution in [2.24, 2.45) is 5.92 Å². The fourth-order valence-electron chi connectivity index (χ4n) is 3.80. The number of hydrogen-bond acceptors (Lipinski definition) is 4. The lowest BCUT2D eigenvalue weighted by molar-refractivity contribution is 0.356. The van der Waals surface area contributed by atoms with Crippen molar-refractivity contribution in [3.05, 3.63) is 59.7 Å². The topological polar surface area (TPSA) is 54.3 Å². The van der Waals surface area contributed by atoms with Crippen molar-refractivity contribution in [2.45, 2.75) is 44.9 Å². The molecule has 0 aliphatic heterocycles. The first-order chi connectivity index (χ1) is 14.1. The molecule has 156 valence electrons. The van der Waals surface area contributed by atoms with Gasteiger partial charge in [-0.2, -0.15) is 5.26 Å². The molecule has 0 saturated heterocycles. The lowest BCUT2D eigenvalue weighted by atomic mass is 9.70. The quantitative estimate of drug-likeness (QED) is 0.508. The summed E-state index contributed by atoms with van der Waals surface area (Å²) >= 11 is 0. The van der Waals surface area contributed by atoms with Gasteiger partial charge in [0.25, 0.3) is 0 Å². The van der Waals surface area contributed by atoms with Crippen LogP contribution in [0.25, 0.3) is 0 Å². The summed E-state index contributed by atoms with van der Waals surface area (Å²) in [7, 11) is 3.35. The molecule has 0 fully saturated rings. The summed E-state index contributed by atoms with van der Waals surface area (Å²) in [5.41, 5.74) is 1.93. The zero-order valence-corrected chi connectivity index (χ0v) is 18.2. The van der Waals surface area contributed by atoms with E-state index in [2.05, 4.69) is 49.5 Å². The normalized spacial score (nSPS) is 13.0. The standard InChI is InChI=1S/C25H34N2O2/c1-20(2)25(19-26,22-11-6-5-7-12-22)13-9-15-27-14-8-10-21-16-23(28-3)18-24(17-21)29-4/h5-7,11-12,16-18,20,27H,8-10,13-15H2,1-4H3. The molecule has 2 rings (SSSR count). The first-order valence-corrected chi connectivity index (χ1v) is 10.4. The number of aryl methyl sites for hydroxylation is 1. The highest BCUT2D eigenvalue weighted by atomic mass is 16.5. The molecule has 0 spiro atoms. The van der Waals surface area contributed by atoms with E-state index in [-0.39, 0.29) is 5.92 Å². The zero-order chi connectivity index (χ0) is 21.1. The van der Waals surface area contributed by atoms with Crippen LogP contribution in [0.1, 0.15) is 44.2 Å². The minimum atomic E-state index is -0.417. The van der Waals surface area contributed by atoms with Crippen molar-refractivity contribution in [1.29, 1.82) is 5.26 Å². The second-order valence-electron chi connectivity index (χ2n) is 7.78. The van der Waals surface area contributed by atoms with E-state index >= 15 is 0 Å². The molecule has 1 atom stereocenters. The number of hydrogen-bond donors (Lipinski definition) is 1. The number of nitrogens with one attached hydrogen (secondary N) is 1. The van der Waals surface area contributed by atoms with Gasteiger partial charge in [0, 0.05) is 6.07 Å². The van der Waals surface area contributed by atoms with Crippen LogP contribution in [-0.4, -0.2) is 27.3 Å². The van der Waals surface area contributed by atoms with Gasteiger partial charge in [-0.05, 0) is 68.0 Å². The van der Waals surface area contributed by atoms with E-state index in [1.807, 2.05) is 24.3 Å². The highest BCUT2D eigenvalue weighted by Crippen LogP contribution is 2.36. The van der Waals surface area contributed by atoms with Gasteiger partial charge in [-0.3, -0.25) is 0 Å². The maximum Gasteiger partial charge on any atom is 0.122 e. The fourth-order valence-corrected chi connectivity index (χ4v) is 3.80. The number of methoxy groups -OCH3 is 2. The Balaban J connectivity index is 1.78. The van der Waals surface area contributed by atoms with Crippen LogP contribution >= 0.6 is 0 Å². The van der Waals surface area contributed by atoms with Crippen molar-refractivity contribution in [3.63, 3.8) is 0 Å². The lowest BCUT2D eigenvalue weighted by Gasteiger charge is -2.31. The molecule has 29 heavy (non-hydrogen) atoms. The summed E-state index contributed by atoms with van der Waals surface area (Å²) in [6, 6.07) is 18.9. The zero-order valence-electron chi connectivity index (χ0n) is 18.2. The molecule has 1 unspecified atom stereocenters. The van der Waals surface area contributed by atoms with Gasteiger partial charge in [0.05, 0.1) is 25.7 Å². The van der Waals surface area contributed by atoms with Crippen molar-refractivity contribution < 1.29 is 9.47 Å². The van der Waals surface area contributed by atoms with Crippen LogP contribution in [-0.2, 0) is 11.8 Å². The highest BCUT2D eigenvalue weighted by molar-refractivity contribution is 5.38. The summed E-state index contributed by atoms with van der Waals surface area (Å²) in [5.74, 6) is 1.93. The van der Waals surface area contributed by atoms with Crippen molar-refractivity contribution in [2.75, 3.05) is 27.3 Å². The number of nitriles is 1. The smallest absolute Gasteiger partial charge is 0.122 e. The third-order valence-electron chi connectivity index (χ3n) is 5.63. The second-order valence-corrected chi connectivity index (χ2v) is 7.78. The molecule has 0 aromatic heterocycles. The molecule has 1 N–H and O–H groups in total. The summed E-state index contributed by atoms with van der Waals surface area (Å²) in [6.45, 7) is 6.16. The highest BCUT2D eigenvalue weighted by Gasteiger charge is 2.35. The number of ether oxygens (including phenoxy) is 2. The predicted molar refractivity (Wildman–Crippen MR) is 119 cm³/mol. The molecule has 4 nitrogen and oxygen atoms in total. The van der Waals surface area contributed by atoms with Crippen molar-refractivity contribution >= 4 is 0 Å². The van der Waals surface area contributed by atoms with E-state index in [1.54, 1.807) is 14.2 Å². The van der Waals surface area contributed by atoms with Crippen LogP contribution in [0, 0.1) is 17.2 Å². The van der Waals surface area contributed by atoms with Gasteiger partial charge < -0.3 is 14.8 Å².